The van der Waals surface area contributed by atoms with E-state index >= 15 is 0 Å². The van der Waals surface area contributed by atoms with Crippen molar-refractivity contribution in [3.63, 3.8) is 0 Å². The highest BCUT2D eigenvalue weighted by atomic mass is 19.1. The Balaban J connectivity index is 2.34. The summed E-state index contributed by atoms with van der Waals surface area (Å²) in [5.41, 5.74) is 5.56. The zero-order valence-corrected chi connectivity index (χ0v) is 14.1. The van der Waals surface area contributed by atoms with Gasteiger partial charge in [-0.15, -0.1) is 0 Å². The summed E-state index contributed by atoms with van der Waals surface area (Å²) in [6.45, 7) is 4.40. The molecule has 0 aliphatic heterocycles. The van der Waals surface area contributed by atoms with Crippen LogP contribution >= 0.6 is 0 Å². The summed E-state index contributed by atoms with van der Waals surface area (Å²) in [5, 5.41) is 0. The van der Waals surface area contributed by atoms with Crippen LogP contribution in [0.4, 0.5) is 4.39 Å². The van der Waals surface area contributed by atoms with Crippen molar-refractivity contribution in [1.82, 2.24) is 0 Å². The maximum absolute atomic E-state index is 13.4. The fourth-order valence-electron chi connectivity index (χ4n) is 3.42. The molecule has 2 aromatic rings. The van der Waals surface area contributed by atoms with E-state index < -0.39 is 0 Å². The van der Waals surface area contributed by atoms with E-state index in [4.69, 9.17) is 0 Å². The minimum absolute atomic E-state index is 0.0811. The van der Waals surface area contributed by atoms with Crippen molar-refractivity contribution >= 4 is 11.9 Å². The SMILES string of the molecule is CC1(C)CCc2ccccc2C(c2ccc(F)cc2)=C1/C=C/C=O. The van der Waals surface area contributed by atoms with Crippen LogP contribution in [-0.2, 0) is 11.2 Å². The van der Waals surface area contributed by atoms with Gasteiger partial charge in [0.15, 0.2) is 0 Å². The van der Waals surface area contributed by atoms with E-state index in [1.54, 1.807) is 6.08 Å². The lowest BCUT2D eigenvalue weighted by atomic mass is 9.77. The molecule has 2 heteroatoms. The maximum Gasteiger partial charge on any atom is 0.142 e. The Labute approximate surface area is 142 Å². The number of fused-ring (bicyclic) bond motifs is 1. The molecule has 0 fully saturated rings. The molecule has 0 aromatic heterocycles. The van der Waals surface area contributed by atoms with Crippen molar-refractivity contribution in [2.75, 3.05) is 0 Å². The Bertz CT molecular complexity index is 810. The topological polar surface area (TPSA) is 17.1 Å². The molecular formula is C22H21FO. The Kier molecular flexibility index (Phi) is 4.48. The van der Waals surface area contributed by atoms with Crippen molar-refractivity contribution in [2.24, 2.45) is 5.41 Å². The van der Waals surface area contributed by atoms with E-state index in [9.17, 15) is 9.18 Å². The van der Waals surface area contributed by atoms with Crippen LogP contribution in [0.2, 0.25) is 0 Å². The zero-order chi connectivity index (χ0) is 17.2. The number of carbonyl (C=O) groups is 1. The average molecular weight is 320 g/mol. The lowest BCUT2D eigenvalue weighted by Crippen LogP contribution is -2.15. The third-order valence-corrected chi connectivity index (χ3v) is 4.78. The molecule has 2 aromatic carbocycles. The zero-order valence-electron chi connectivity index (χ0n) is 14.1. The van der Waals surface area contributed by atoms with E-state index in [2.05, 4.69) is 32.0 Å². The first-order valence-electron chi connectivity index (χ1n) is 8.24. The highest BCUT2D eigenvalue weighted by molar-refractivity contribution is 5.87. The van der Waals surface area contributed by atoms with Gasteiger partial charge in [-0.3, -0.25) is 4.79 Å². The van der Waals surface area contributed by atoms with Gasteiger partial charge in [0.05, 0.1) is 0 Å². The van der Waals surface area contributed by atoms with Crippen LogP contribution in [0.5, 0.6) is 0 Å². The molecule has 3 rings (SSSR count). The minimum atomic E-state index is -0.245. The molecule has 1 nitrogen and oxygen atoms in total. The molecule has 0 saturated heterocycles. The molecule has 0 bridgehead atoms. The smallest absolute Gasteiger partial charge is 0.142 e. The number of rotatable bonds is 3. The first kappa shape index (κ1) is 16.4. The number of benzene rings is 2. The summed E-state index contributed by atoms with van der Waals surface area (Å²) in [6.07, 6.45) is 6.24. The molecule has 1 aliphatic rings. The first-order chi connectivity index (χ1) is 11.5. The lowest BCUT2D eigenvalue weighted by molar-refractivity contribution is -0.104. The van der Waals surface area contributed by atoms with Crippen molar-refractivity contribution in [3.05, 3.63) is 88.8 Å². The second kappa shape index (κ2) is 6.56. The normalized spacial score (nSPS) is 16.8. The third-order valence-electron chi connectivity index (χ3n) is 4.78. The summed E-state index contributed by atoms with van der Waals surface area (Å²) in [6, 6.07) is 15.0. The molecule has 0 heterocycles. The van der Waals surface area contributed by atoms with Crippen LogP contribution in [0.15, 0.2) is 66.3 Å². The molecule has 24 heavy (non-hydrogen) atoms. The highest BCUT2D eigenvalue weighted by Crippen LogP contribution is 2.44. The van der Waals surface area contributed by atoms with Gasteiger partial charge in [0, 0.05) is 0 Å². The number of aldehydes is 1. The molecular weight excluding hydrogens is 299 g/mol. The van der Waals surface area contributed by atoms with E-state index in [-0.39, 0.29) is 11.2 Å². The molecule has 0 N–H and O–H groups in total. The number of hydrogen-bond acceptors (Lipinski definition) is 1. The number of carbonyl (C=O) groups excluding carboxylic acids is 1. The Morgan fingerprint density at radius 1 is 1.04 bits per heavy atom. The summed E-state index contributed by atoms with van der Waals surface area (Å²) >= 11 is 0. The van der Waals surface area contributed by atoms with Crippen molar-refractivity contribution in [2.45, 2.75) is 26.7 Å². The Morgan fingerprint density at radius 3 is 2.46 bits per heavy atom. The molecule has 0 radical (unpaired) electrons. The van der Waals surface area contributed by atoms with Crippen molar-refractivity contribution in [3.8, 4) is 0 Å². The number of aryl methyl sites for hydroxylation is 1. The summed E-state index contributed by atoms with van der Waals surface area (Å²) in [4.78, 5) is 10.9. The standard InChI is InChI=1S/C22H21FO/c1-22(2)14-13-16-6-3-4-7-19(16)21(20(22)8-5-15-24)17-9-11-18(23)12-10-17/h3-12,15H,13-14H2,1-2H3/b8-5+. The summed E-state index contributed by atoms with van der Waals surface area (Å²) in [7, 11) is 0. The molecule has 0 saturated carbocycles. The quantitative estimate of drug-likeness (QED) is 0.550. The highest BCUT2D eigenvalue weighted by Gasteiger charge is 2.29. The number of halogens is 1. The number of allylic oxidation sites excluding steroid dienone is 3. The number of hydrogen-bond donors (Lipinski definition) is 0. The van der Waals surface area contributed by atoms with Crippen LogP contribution in [0, 0.1) is 11.2 Å². The first-order valence-corrected chi connectivity index (χ1v) is 8.24. The lowest BCUT2D eigenvalue weighted by Gasteiger charge is -2.27. The fourth-order valence-corrected chi connectivity index (χ4v) is 3.42. The minimum Gasteiger partial charge on any atom is -0.299 e. The van der Waals surface area contributed by atoms with Gasteiger partial charge in [0.1, 0.15) is 12.1 Å². The van der Waals surface area contributed by atoms with Crippen LogP contribution in [-0.4, -0.2) is 6.29 Å². The Morgan fingerprint density at radius 2 is 1.75 bits per heavy atom. The van der Waals surface area contributed by atoms with Gasteiger partial charge in [0.2, 0.25) is 0 Å². The average Bonchev–Trinajstić information content (AvgIpc) is 2.69. The molecule has 1 aliphatic carbocycles. The second-order valence-corrected chi connectivity index (χ2v) is 6.83. The van der Waals surface area contributed by atoms with Gasteiger partial charge in [0.25, 0.3) is 0 Å². The molecule has 0 unspecified atom stereocenters. The molecule has 0 atom stereocenters. The molecule has 122 valence electrons. The van der Waals surface area contributed by atoms with Crippen LogP contribution < -0.4 is 0 Å². The summed E-state index contributed by atoms with van der Waals surface area (Å²) in [5.74, 6) is -0.245. The van der Waals surface area contributed by atoms with Crippen molar-refractivity contribution < 1.29 is 9.18 Å². The maximum atomic E-state index is 13.4. The van der Waals surface area contributed by atoms with Crippen molar-refractivity contribution in [1.29, 1.82) is 0 Å². The predicted molar refractivity (Wildman–Crippen MR) is 96.2 cm³/mol. The monoisotopic (exact) mass is 320 g/mol. The van der Waals surface area contributed by atoms with E-state index in [0.717, 1.165) is 35.8 Å². The van der Waals surface area contributed by atoms with Crippen LogP contribution in [0.3, 0.4) is 0 Å². The Hall–Kier alpha value is -2.48. The fraction of sp³-hybridized carbons (Fsp3) is 0.227. The third kappa shape index (κ3) is 3.09. The second-order valence-electron chi connectivity index (χ2n) is 6.83. The van der Waals surface area contributed by atoms with Crippen LogP contribution in [0.25, 0.3) is 5.57 Å². The van der Waals surface area contributed by atoms with Gasteiger partial charge in [-0.2, -0.15) is 0 Å². The summed E-state index contributed by atoms with van der Waals surface area (Å²) < 4.78 is 13.4. The van der Waals surface area contributed by atoms with Gasteiger partial charge >= 0.3 is 0 Å². The largest absolute Gasteiger partial charge is 0.299 e. The van der Waals surface area contributed by atoms with E-state index in [1.165, 1.54) is 23.3 Å². The van der Waals surface area contributed by atoms with Gasteiger partial charge < -0.3 is 0 Å². The van der Waals surface area contributed by atoms with Crippen LogP contribution in [0.1, 0.15) is 37.0 Å². The molecule has 0 amide bonds. The van der Waals surface area contributed by atoms with Gasteiger partial charge in [-0.1, -0.05) is 56.3 Å². The van der Waals surface area contributed by atoms with E-state index in [0.29, 0.717) is 0 Å². The van der Waals surface area contributed by atoms with E-state index in [1.807, 2.05) is 24.3 Å². The van der Waals surface area contributed by atoms with Gasteiger partial charge in [-0.05, 0) is 64.3 Å². The molecule has 0 spiro atoms. The predicted octanol–water partition coefficient (Wildman–Crippen LogP) is 5.36. The van der Waals surface area contributed by atoms with Gasteiger partial charge in [-0.25, -0.2) is 4.39 Å².